The van der Waals surface area contributed by atoms with Gasteiger partial charge >= 0.3 is 5.97 Å². The molecule has 0 radical (unpaired) electrons. The third-order valence-electron chi connectivity index (χ3n) is 4.09. The Morgan fingerprint density at radius 2 is 1.91 bits per heavy atom. The summed E-state index contributed by atoms with van der Waals surface area (Å²) in [6.45, 7) is 9.39. The average molecular weight is 332 g/mol. The van der Waals surface area contributed by atoms with E-state index in [-0.39, 0.29) is 0 Å². The Kier molecular flexibility index (Phi) is 7.16. The zero-order valence-corrected chi connectivity index (χ0v) is 13.9. The van der Waals surface area contributed by atoms with Gasteiger partial charge in [-0.1, -0.05) is 19.4 Å². The number of allylic oxidation sites excluding steroid dienone is 1. The topological polar surface area (TPSA) is 116 Å². The lowest BCUT2D eigenvalue weighted by Gasteiger charge is -2.41. The molecule has 23 heavy (non-hydrogen) atoms. The summed E-state index contributed by atoms with van der Waals surface area (Å²) in [6, 6.07) is 0. The Balaban J connectivity index is 2.65. The molecular weight excluding hydrogens is 304 g/mol. The molecule has 0 aromatic rings. The molecule has 1 saturated heterocycles. The van der Waals surface area contributed by atoms with Crippen LogP contribution < -0.4 is 0 Å². The van der Waals surface area contributed by atoms with Crippen LogP contribution >= 0.6 is 0 Å². The molecule has 0 saturated carbocycles. The maximum absolute atomic E-state index is 11.1. The Bertz CT molecular complexity index is 409. The Hall–Kier alpha value is -0.990. The van der Waals surface area contributed by atoms with E-state index < -0.39 is 42.3 Å². The number of hydrogen-bond donors (Lipinski definition) is 4. The summed E-state index contributed by atoms with van der Waals surface area (Å²) in [5.74, 6) is -1.04. The third-order valence-corrected chi connectivity index (χ3v) is 4.09. The van der Waals surface area contributed by atoms with E-state index in [2.05, 4.69) is 13.5 Å². The van der Waals surface area contributed by atoms with E-state index in [4.69, 9.17) is 14.6 Å². The summed E-state index contributed by atoms with van der Waals surface area (Å²) in [5.41, 5.74) is -0.683. The smallest absolute Gasteiger partial charge is 0.335 e. The van der Waals surface area contributed by atoms with E-state index in [0.29, 0.717) is 12.3 Å². The molecule has 6 atom stereocenters. The van der Waals surface area contributed by atoms with Gasteiger partial charge in [0.2, 0.25) is 0 Å². The van der Waals surface area contributed by atoms with E-state index in [1.807, 2.05) is 6.08 Å². The molecule has 1 fully saturated rings. The van der Waals surface area contributed by atoms with Gasteiger partial charge in [-0.15, -0.1) is 6.58 Å². The van der Waals surface area contributed by atoms with Crippen LogP contribution in [-0.2, 0) is 14.3 Å². The van der Waals surface area contributed by atoms with Crippen LogP contribution in [0, 0.1) is 5.92 Å². The van der Waals surface area contributed by atoms with Crippen LogP contribution in [0.15, 0.2) is 12.7 Å². The lowest BCUT2D eigenvalue weighted by Crippen LogP contribution is -2.61. The molecule has 7 nitrogen and oxygen atoms in total. The fourth-order valence-electron chi connectivity index (χ4n) is 2.49. The maximum Gasteiger partial charge on any atom is 0.335 e. The number of aliphatic carboxylic acids is 1. The van der Waals surface area contributed by atoms with Crippen molar-refractivity contribution in [2.24, 2.45) is 5.92 Å². The lowest BCUT2D eigenvalue weighted by molar-refractivity contribution is -0.316. The molecule has 0 spiro atoms. The van der Waals surface area contributed by atoms with Gasteiger partial charge in [0.25, 0.3) is 0 Å². The van der Waals surface area contributed by atoms with Gasteiger partial charge in [-0.2, -0.15) is 0 Å². The summed E-state index contributed by atoms with van der Waals surface area (Å²) >= 11 is 0. The summed E-state index contributed by atoms with van der Waals surface area (Å²) in [7, 11) is 0. The molecule has 7 heteroatoms. The van der Waals surface area contributed by atoms with E-state index in [1.54, 1.807) is 13.8 Å². The highest BCUT2D eigenvalue weighted by atomic mass is 16.7. The molecule has 0 aromatic heterocycles. The van der Waals surface area contributed by atoms with E-state index in [1.165, 1.54) is 0 Å². The van der Waals surface area contributed by atoms with Crippen LogP contribution in [0.2, 0.25) is 0 Å². The van der Waals surface area contributed by atoms with Gasteiger partial charge in [-0.25, -0.2) is 4.79 Å². The summed E-state index contributed by atoms with van der Waals surface area (Å²) in [5, 5.41) is 38.4. The summed E-state index contributed by atoms with van der Waals surface area (Å²) in [4.78, 5) is 11.1. The second kappa shape index (κ2) is 8.21. The van der Waals surface area contributed by atoms with E-state index >= 15 is 0 Å². The van der Waals surface area contributed by atoms with Crippen molar-refractivity contribution in [3.8, 4) is 0 Å². The molecule has 0 bridgehead atoms. The molecule has 0 aliphatic carbocycles. The number of aliphatic hydroxyl groups is 3. The number of carboxylic acid groups (broad SMARTS) is 1. The van der Waals surface area contributed by atoms with E-state index in [0.717, 1.165) is 12.8 Å². The van der Waals surface area contributed by atoms with Crippen molar-refractivity contribution in [3.05, 3.63) is 12.7 Å². The number of aliphatic hydroxyl groups excluding tert-OH is 3. The Labute approximate surface area is 136 Å². The molecule has 4 N–H and O–H groups in total. The molecule has 1 rings (SSSR count). The van der Waals surface area contributed by atoms with Crippen molar-refractivity contribution in [1.82, 2.24) is 0 Å². The first kappa shape index (κ1) is 20.1. The van der Waals surface area contributed by atoms with Crippen molar-refractivity contribution in [2.75, 3.05) is 0 Å². The number of ether oxygens (including phenoxy) is 2. The normalized spacial score (nSPS) is 33.2. The predicted octanol–water partition coefficient (Wildman–Crippen LogP) is 0.666. The average Bonchev–Trinajstić information content (AvgIpc) is 2.46. The lowest BCUT2D eigenvalue weighted by atomic mass is 9.95. The Morgan fingerprint density at radius 3 is 2.43 bits per heavy atom. The quantitative estimate of drug-likeness (QED) is 0.483. The molecule has 1 aliphatic rings. The molecule has 0 aromatic carbocycles. The standard InChI is InChI=1S/C16H28O7/c1-5-9(2)7-6-8-16(3,4)23-15-12(19)10(17)11(18)13(22-15)14(20)21/h5,9-13,15,17-19H,1,6-8H2,2-4H3,(H,20,21)/t9?,10-,11-,12+,13-,15-/m0/s1. The first-order valence-corrected chi connectivity index (χ1v) is 7.82. The summed E-state index contributed by atoms with van der Waals surface area (Å²) < 4.78 is 10.8. The Morgan fingerprint density at radius 1 is 1.30 bits per heavy atom. The third kappa shape index (κ3) is 5.54. The molecule has 0 amide bonds. The molecule has 134 valence electrons. The van der Waals surface area contributed by atoms with Gasteiger partial charge in [0.1, 0.15) is 18.3 Å². The van der Waals surface area contributed by atoms with Gasteiger partial charge in [0, 0.05) is 0 Å². The zero-order chi connectivity index (χ0) is 17.8. The van der Waals surface area contributed by atoms with Crippen molar-refractivity contribution in [1.29, 1.82) is 0 Å². The highest BCUT2D eigenvalue weighted by Crippen LogP contribution is 2.28. The van der Waals surface area contributed by atoms with E-state index in [9.17, 15) is 20.1 Å². The number of hydrogen-bond acceptors (Lipinski definition) is 6. The largest absolute Gasteiger partial charge is 0.479 e. The van der Waals surface area contributed by atoms with Gasteiger partial charge in [0.15, 0.2) is 12.4 Å². The monoisotopic (exact) mass is 332 g/mol. The minimum atomic E-state index is -1.71. The van der Waals surface area contributed by atoms with Crippen LogP contribution in [0.5, 0.6) is 0 Å². The molecular formula is C16H28O7. The highest BCUT2D eigenvalue weighted by Gasteiger charge is 2.48. The molecule has 1 aliphatic heterocycles. The number of carbonyl (C=O) groups is 1. The second-order valence-corrected chi connectivity index (χ2v) is 6.72. The van der Waals surface area contributed by atoms with Crippen LogP contribution in [-0.4, -0.2) is 62.7 Å². The minimum Gasteiger partial charge on any atom is -0.479 e. The van der Waals surface area contributed by atoms with Crippen molar-refractivity contribution >= 4 is 5.97 Å². The van der Waals surface area contributed by atoms with Crippen LogP contribution in [0.25, 0.3) is 0 Å². The second-order valence-electron chi connectivity index (χ2n) is 6.72. The maximum atomic E-state index is 11.1. The zero-order valence-electron chi connectivity index (χ0n) is 13.9. The number of rotatable bonds is 8. The van der Waals surface area contributed by atoms with Gasteiger partial charge < -0.3 is 29.9 Å². The van der Waals surface area contributed by atoms with Gasteiger partial charge in [-0.05, 0) is 32.6 Å². The van der Waals surface area contributed by atoms with Crippen molar-refractivity contribution in [3.63, 3.8) is 0 Å². The number of carboxylic acids is 1. The fourth-order valence-corrected chi connectivity index (χ4v) is 2.49. The van der Waals surface area contributed by atoms with Gasteiger partial charge in [-0.3, -0.25) is 0 Å². The van der Waals surface area contributed by atoms with Crippen molar-refractivity contribution in [2.45, 2.75) is 76.3 Å². The molecule has 1 unspecified atom stereocenters. The fraction of sp³-hybridized carbons (Fsp3) is 0.812. The first-order valence-electron chi connectivity index (χ1n) is 7.82. The van der Waals surface area contributed by atoms with Crippen LogP contribution in [0.1, 0.15) is 40.0 Å². The molecule has 1 heterocycles. The first-order chi connectivity index (χ1) is 10.6. The van der Waals surface area contributed by atoms with Gasteiger partial charge in [0.05, 0.1) is 5.60 Å². The minimum absolute atomic E-state index is 0.385. The summed E-state index contributed by atoms with van der Waals surface area (Å²) in [6.07, 6.45) is -3.51. The highest BCUT2D eigenvalue weighted by molar-refractivity contribution is 5.73. The van der Waals surface area contributed by atoms with Crippen LogP contribution in [0.3, 0.4) is 0 Å². The predicted molar refractivity (Wildman–Crippen MR) is 82.7 cm³/mol. The van der Waals surface area contributed by atoms with Crippen molar-refractivity contribution < 1.29 is 34.7 Å². The SMILES string of the molecule is C=CC(C)CCCC(C)(C)O[C@@H]1O[C@H](C(=O)O)[C@@H](O)[C@H](O)[C@H]1O. The van der Waals surface area contributed by atoms with Crippen LogP contribution in [0.4, 0.5) is 0 Å².